The highest BCUT2D eigenvalue weighted by Crippen LogP contribution is 2.46. The molecular formula is C51H40N8O23S6. The molecule has 88 heavy (non-hydrogen) atoms. The van der Waals surface area contributed by atoms with E-state index < -0.39 is 56.5 Å². The summed E-state index contributed by atoms with van der Waals surface area (Å²) in [6.45, 7) is 1.32. The van der Waals surface area contributed by atoms with Crippen LogP contribution >= 0.6 is 36.1 Å². The molecule has 0 aliphatic carbocycles. The van der Waals surface area contributed by atoms with E-state index in [1.54, 1.807) is 12.1 Å². The molecule has 0 saturated carbocycles. The molecule has 0 heterocycles. The zero-order chi connectivity index (χ0) is 63.5. The number of amides is 1. The maximum atomic E-state index is 13.5. The van der Waals surface area contributed by atoms with Crippen molar-refractivity contribution in [3.05, 3.63) is 149 Å². The lowest BCUT2D eigenvalue weighted by molar-refractivity contribution is -0.435. The fourth-order valence-corrected chi connectivity index (χ4v) is 11.6. The summed E-state index contributed by atoms with van der Waals surface area (Å²) in [5, 5.41) is 97.3. The van der Waals surface area contributed by atoms with E-state index in [0.717, 1.165) is 18.2 Å². The van der Waals surface area contributed by atoms with Crippen molar-refractivity contribution in [2.45, 2.75) is 36.3 Å². The topological polar surface area (TPSA) is 458 Å². The van der Waals surface area contributed by atoms with E-state index in [-0.39, 0.29) is 92.7 Å². The van der Waals surface area contributed by atoms with Gasteiger partial charge in [-0.2, -0.15) is 35.5 Å². The van der Waals surface area contributed by atoms with E-state index >= 15 is 0 Å². The zero-order valence-electron chi connectivity index (χ0n) is 44.2. The second kappa shape index (κ2) is 28.6. The van der Waals surface area contributed by atoms with Gasteiger partial charge in [-0.05, 0) is 124 Å². The van der Waals surface area contributed by atoms with E-state index in [2.05, 4.69) is 64.5 Å². The zero-order valence-corrected chi connectivity index (χ0v) is 49.1. The average Bonchev–Trinajstić information content (AvgIpc) is 2.07. The molecule has 458 valence electrons. The van der Waals surface area contributed by atoms with Gasteiger partial charge in [0.25, 0.3) is 30.4 Å². The Balaban J connectivity index is 1.04. The van der Waals surface area contributed by atoms with Gasteiger partial charge in [0.2, 0.25) is 11.6 Å². The van der Waals surface area contributed by atoms with Crippen LogP contribution in [-0.2, 0) is 68.1 Å². The number of aromatic hydroxyl groups is 2. The van der Waals surface area contributed by atoms with E-state index in [1.807, 2.05) is 0 Å². The van der Waals surface area contributed by atoms with E-state index in [1.165, 1.54) is 129 Å². The second-order valence-electron chi connectivity index (χ2n) is 17.4. The van der Waals surface area contributed by atoms with Crippen molar-refractivity contribution >= 4 is 164 Å². The quantitative estimate of drug-likeness (QED) is 0.00483. The summed E-state index contributed by atoms with van der Waals surface area (Å²) in [6, 6.07) is 26.0. The predicted octanol–water partition coefficient (Wildman–Crippen LogP) is 13.5. The molecule has 8 rings (SSSR count). The van der Waals surface area contributed by atoms with Crippen molar-refractivity contribution in [3.8, 4) is 11.5 Å². The highest BCUT2D eigenvalue weighted by atomic mass is 32.2. The van der Waals surface area contributed by atoms with Gasteiger partial charge in [0.05, 0.1) is 70.1 Å². The first-order valence-electron chi connectivity index (χ1n) is 23.9. The minimum absolute atomic E-state index is 0.00907. The summed E-state index contributed by atoms with van der Waals surface area (Å²) in [5.74, 6) is -1.42. The molecular weight excluding hydrogens is 1280 g/mol. The molecule has 0 unspecified atom stereocenters. The van der Waals surface area contributed by atoms with Crippen LogP contribution in [0.1, 0.15) is 29.2 Å². The molecule has 10 N–H and O–H groups in total. The van der Waals surface area contributed by atoms with Crippen LogP contribution in [0.4, 0.5) is 45.5 Å². The molecule has 0 aromatic heterocycles. The molecule has 0 saturated heterocycles. The Morgan fingerprint density at radius 2 is 0.977 bits per heavy atom. The first-order valence-corrected chi connectivity index (χ1v) is 30.4. The second-order valence-corrected chi connectivity index (χ2v) is 23.8. The fraction of sp³-hybridized carbons (Fsp3) is 0.0392. The minimum Gasteiger partial charge on any atom is -0.594 e. The van der Waals surface area contributed by atoms with Crippen LogP contribution in [0.25, 0.3) is 45.8 Å². The monoisotopic (exact) mass is 1320 g/mol. The molecule has 0 radical (unpaired) electrons. The number of nitrogens with one attached hydrogen (secondary N) is 2. The Morgan fingerprint density at radius 1 is 0.523 bits per heavy atom. The lowest BCUT2D eigenvalue weighted by atomic mass is 10.1. The van der Waals surface area contributed by atoms with Gasteiger partial charge < -0.3 is 20.7 Å². The summed E-state index contributed by atoms with van der Waals surface area (Å²) in [6.07, 6.45) is 5.13. The maximum Gasteiger partial charge on any atom is 0.296 e. The number of carbonyl (C=O) groups excluding carboxylic acids is 1. The van der Waals surface area contributed by atoms with Gasteiger partial charge in [0, 0.05) is 45.5 Å². The maximum absolute atomic E-state index is 13.5. The van der Waals surface area contributed by atoms with Crippen LogP contribution in [0.5, 0.6) is 11.5 Å². The molecule has 37 heteroatoms. The van der Waals surface area contributed by atoms with Crippen LogP contribution in [-0.4, -0.2) is 82.8 Å². The van der Waals surface area contributed by atoms with Crippen molar-refractivity contribution in [3.63, 3.8) is 0 Å². The Bertz CT molecular complexity index is 4540. The number of phenols is 2. The number of azo groups is 3. The third-order valence-electron chi connectivity index (χ3n) is 11.8. The molecule has 8 aromatic rings. The predicted molar refractivity (Wildman–Crippen MR) is 315 cm³/mol. The van der Waals surface area contributed by atoms with Crippen LogP contribution in [0.15, 0.2) is 176 Å². The molecule has 0 aliphatic heterocycles. The fourth-order valence-electron chi connectivity index (χ4n) is 8.05. The number of hydrogen-bond donors (Lipinski definition) is 10. The number of fused-ring (bicyclic) bond motifs is 2. The van der Waals surface area contributed by atoms with Crippen molar-refractivity contribution in [1.82, 2.24) is 0 Å². The Labute approximate surface area is 508 Å². The first kappa shape index (κ1) is 65.6. The number of benzene rings is 8. The van der Waals surface area contributed by atoms with Gasteiger partial charge in [0.1, 0.15) is 31.7 Å². The van der Waals surface area contributed by atoms with Gasteiger partial charge in [-0.1, -0.05) is 62.5 Å². The lowest BCUT2D eigenvalue weighted by Crippen LogP contribution is -2.05. The molecule has 31 nitrogen and oxygen atoms in total. The van der Waals surface area contributed by atoms with Gasteiger partial charge in [-0.25, -0.2) is 15.8 Å². The minimum atomic E-state index is -5.05. The molecule has 8 aromatic carbocycles. The first-order chi connectivity index (χ1) is 41.9. The van der Waals surface area contributed by atoms with Crippen LogP contribution in [0.3, 0.4) is 0 Å². The van der Waals surface area contributed by atoms with E-state index in [9.17, 15) is 59.1 Å². The molecule has 0 atom stereocenters. The molecule has 0 spiro atoms. The van der Waals surface area contributed by atoms with Gasteiger partial charge in [0.15, 0.2) is 11.5 Å². The summed E-state index contributed by atoms with van der Waals surface area (Å²) in [4.78, 5) is 14.5. The number of rotatable bonds is 25. The third kappa shape index (κ3) is 16.4. The van der Waals surface area contributed by atoms with E-state index in [4.69, 9.17) is 20.6 Å². The summed E-state index contributed by atoms with van der Waals surface area (Å²) in [7, 11) is -13.8. The Morgan fingerprint density at radius 3 is 1.53 bits per heavy atom. The van der Waals surface area contributed by atoms with E-state index in [0.29, 0.717) is 58.3 Å². The van der Waals surface area contributed by atoms with Crippen LogP contribution in [0.2, 0.25) is 0 Å². The van der Waals surface area contributed by atoms with Crippen LogP contribution in [0, 0.1) is 5.21 Å². The van der Waals surface area contributed by atoms with Crippen molar-refractivity contribution in [2.24, 2.45) is 25.6 Å². The third-order valence-corrected chi connectivity index (χ3v) is 16.4. The number of hydrogen-bond acceptors (Lipinski definition) is 29. The molecule has 0 aliphatic rings. The van der Waals surface area contributed by atoms with Gasteiger partial charge >= 0.3 is 0 Å². The average molecular weight is 1330 g/mol. The number of carbonyl (C=O) groups is 1. The number of anilines is 2. The summed E-state index contributed by atoms with van der Waals surface area (Å²) in [5.41, 5.74) is 1.95. The largest absolute Gasteiger partial charge is 0.594 e. The highest BCUT2D eigenvalue weighted by molar-refractivity contribution is 7.95. The normalized spacial score (nSPS) is 12.7. The Hall–Kier alpha value is -8.39. The lowest BCUT2D eigenvalue weighted by Gasteiger charge is -2.11. The SMILES string of the molecule is CONc1ccc2c(O)c(N=Nc3ccc(/C=C/c4ccc([N+]([O-])=Nc5ccc(/C=C/c6ccc(N=Nc7c(SOOO)cc8cc(NC(C)=O)ccc8c7O)cc6SOOO)c(S(=O)(=O)O)c5)cc4SOOO)c(S(=O)(=O)O)c3)c(S(=O)(=O)O)cc2c1. The number of nitrogens with zero attached hydrogens (tertiary/aromatic N) is 6. The molecule has 0 bridgehead atoms. The van der Waals surface area contributed by atoms with Gasteiger partial charge in [-0.15, -0.1) is 23.2 Å². The number of phenolic OH excluding ortho intramolecular Hbond substituents is 2. The van der Waals surface area contributed by atoms with Crippen molar-refractivity contribution < 1.29 is 108 Å². The van der Waals surface area contributed by atoms with Gasteiger partial charge in [-0.3, -0.25) is 28.8 Å². The highest BCUT2D eigenvalue weighted by Gasteiger charge is 2.24. The molecule has 0 fully saturated rings. The summed E-state index contributed by atoms with van der Waals surface area (Å²) < 4.78 is 120. The standard InChI is InChI=1S/C51H40N8O23S6/c1-27(60)52-34-14-17-40-32(19-34)21-44(85-82-79-66)48(50(40)61)55-53-35-11-7-28(42(23-35)83-80-77-64)3-5-31-9-13-37(25-46(31)87(70,71)72)57-59(63)39-16-10-29(43(26-39)84-81-78-65)4-6-30-8-12-36(24-45(30)86(67,68)69)54-56-49-47(88(73,74)75)22-33-20-38(58-76-2)15-18-41(33)51(49)62/h3-26,58,61-62,64-66H,1-2H3,(H,52,60)(H,67,68,69)(H,70,71,72)(H,73,74,75)/b5-3+,6-4+,55-53?,56-54?,59-57?. The molecule has 1 amide bonds. The van der Waals surface area contributed by atoms with Crippen LogP contribution < -0.4 is 10.8 Å². The van der Waals surface area contributed by atoms with Crippen molar-refractivity contribution in [1.29, 1.82) is 0 Å². The van der Waals surface area contributed by atoms with Crippen molar-refractivity contribution in [2.75, 3.05) is 17.9 Å². The summed E-state index contributed by atoms with van der Waals surface area (Å²) >= 11 is 1.31. The Kier molecular flexibility index (Phi) is 21.3. The smallest absolute Gasteiger partial charge is 0.296 e.